The van der Waals surface area contributed by atoms with Gasteiger partial charge in [-0.15, -0.1) is 0 Å². The van der Waals surface area contributed by atoms with E-state index in [1.165, 1.54) is 0 Å². The quantitative estimate of drug-likeness (QED) is 0.787. The maximum atomic E-state index is 8.93. The van der Waals surface area contributed by atoms with E-state index in [2.05, 4.69) is 11.4 Å². The number of rotatable bonds is 4. The molecule has 3 heteroatoms. The maximum absolute atomic E-state index is 8.93. The molecular weight excluding hydrogens is 188 g/mol. The summed E-state index contributed by atoms with van der Waals surface area (Å²) in [6.45, 7) is 4.74. The third kappa shape index (κ3) is 3.26. The van der Waals surface area contributed by atoms with Gasteiger partial charge in [0.05, 0.1) is 11.3 Å². The highest BCUT2D eigenvalue weighted by molar-refractivity contribution is 5.58. The number of nitrogens with zero attached hydrogens (tertiary/aromatic N) is 1. The summed E-state index contributed by atoms with van der Waals surface area (Å²) in [5.74, 6) is 0.192. The molecule has 0 spiro atoms. The molecule has 0 aliphatic heterocycles. The SMILES string of the molecule is Cc1ccc(NCC(C)CO)c(C#N)c1. The summed E-state index contributed by atoms with van der Waals surface area (Å²) in [7, 11) is 0. The van der Waals surface area contributed by atoms with Gasteiger partial charge in [0.2, 0.25) is 0 Å². The van der Waals surface area contributed by atoms with E-state index in [0.29, 0.717) is 12.1 Å². The molecule has 0 aliphatic rings. The summed E-state index contributed by atoms with van der Waals surface area (Å²) < 4.78 is 0. The molecule has 1 rings (SSSR count). The predicted molar refractivity (Wildman–Crippen MR) is 60.6 cm³/mol. The molecule has 0 aromatic heterocycles. The summed E-state index contributed by atoms with van der Waals surface area (Å²) >= 11 is 0. The maximum Gasteiger partial charge on any atom is 0.101 e. The lowest BCUT2D eigenvalue weighted by molar-refractivity contribution is 0.244. The summed E-state index contributed by atoms with van der Waals surface area (Å²) in [6.07, 6.45) is 0. The van der Waals surface area contributed by atoms with E-state index in [0.717, 1.165) is 11.3 Å². The molecule has 1 aromatic rings. The van der Waals surface area contributed by atoms with Crippen molar-refractivity contribution in [3.63, 3.8) is 0 Å². The Bertz CT molecular complexity index is 368. The molecule has 0 radical (unpaired) electrons. The van der Waals surface area contributed by atoms with Crippen LogP contribution in [-0.2, 0) is 0 Å². The highest BCUT2D eigenvalue weighted by Gasteiger charge is 2.03. The topological polar surface area (TPSA) is 56.0 Å². The standard InChI is InChI=1S/C12H16N2O/c1-9-3-4-12(11(5-9)6-13)14-7-10(2)8-15/h3-5,10,14-15H,7-8H2,1-2H3. The van der Waals surface area contributed by atoms with Crippen molar-refractivity contribution in [3.8, 4) is 6.07 Å². The van der Waals surface area contributed by atoms with Crippen LogP contribution < -0.4 is 5.32 Å². The number of nitrogens with one attached hydrogen (secondary N) is 1. The van der Waals surface area contributed by atoms with E-state index in [-0.39, 0.29) is 12.5 Å². The first kappa shape index (κ1) is 11.5. The predicted octanol–water partition coefficient (Wildman–Crippen LogP) is 1.91. The van der Waals surface area contributed by atoms with E-state index in [1.54, 1.807) is 0 Å². The van der Waals surface area contributed by atoms with Crippen molar-refractivity contribution in [2.75, 3.05) is 18.5 Å². The molecule has 1 unspecified atom stereocenters. The minimum atomic E-state index is 0.154. The average molecular weight is 204 g/mol. The number of aliphatic hydroxyl groups excluding tert-OH is 1. The molecule has 80 valence electrons. The molecule has 0 heterocycles. The van der Waals surface area contributed by atoms with Gasteiger partial charge in [0.25, 0.3) is 0 Å². The molecule has 0 fully saturated rings. The Hall–Kier alpha value is -1.53. The van der Waals surface area contributed by atoms with Crippen molar-refractivity contribution in [1.29, 1.82) is 5.26 Å². The molecule has 15 heavy (non-hydrogen) atoms. The number of aliphatic hydroxyl groups is 1. The van der Waals surface area contributed by atoms with Crippen LogP contribution in [0.15, 0.2) is 18.2 Å². The fourth-order valence-corrected chi connectivity index (χ4v) is 1.25. The third-order valence-corrected chi connectivity index (χ3v) is 2.25. The van der Waals surface area contributed by atoms with Crippen LogP contribution in [0.4, 0.5) is 5.69 Å². The van der Waals surface area contributed by atoms with Gasteiger partial charge in [-0.2, -0.15) is 5.26 Å². The second-order valence-corrected chi connectivity index (χ2v) is 3.83. The third-order valence-electron chi connectivity index (χ3n) is 2.25. The Balaban J connectivity index is 2.73. The molecule has 1 aromatic carbocycles. The molecular formula is C12H16N2O. The molecule has 0 aliphatic carbocycles. The van der Waals surface area contributed by atoms with Gasteiger partial charge in [-0.1, -0.05) is 13.0 Å². The number of nitriles is 1. The van der Waals surface area contributed by atoms with Gasteiger partial charge in [0, 0.05) is 13.2 Å². The first-order valence-electron chi connectivity index (χ1n) is 5.03. The fourth-order valence-electron chi connectivity index (χ4n) is 1.25. The van der Waals surface area contributed by atoms with Crippen molar-refractivity contribution in [2.45, 2.75) is 13.8 Å². The lowest BCUT2D eigenvalue weighted by Crippen LogP contribution is -2.15. The van der Waals surface area contributed by atoms with Gasteiger partial charge >= 0.3 is 0 Å². The minimum absolute atomic E-state index is 0.154. The number of aryl methyl sites for hydroxylation is 1. The number of hydrogen-bond donors (Lipinski definition) is 2. The van der Waals surface area contributed by atoms with E-state index in [9.17, 15) is 0 Å². The van der Waals surface area contributed by atoms with Crippen LogP contribution in [0, 0.1) is 24.2 Å². The van der Waals surface area contributed by atoms with Crippen LogP contribution in [0.1, 0.15) is 18.1 Å². The summed E-state index contributed by atoms with van der Waals surface area (Å²) in [5, 5.41) is 21.0. The average Bonchev–Trinajstić information content (AvgIpc) is 2.26. The number of hydrogen-bond acceptors (Lipinski definition) is 3. The monoisotopic (exact) mass is 204 g/mol. The molecule has 2 N–H and O–H groups in total. The lowest BCUT2D eigenvalue weighted by atomic mass is 10.1. The molecule has 0 saturated carbocycles. The van der Waals surface area contributed by atoms with E-state index in [1.807, 2.05) is 32.0 Å². The highest BCUT2D eigenvalue weighted by Crippen LogP contribution is 2.16. The first-order chi connectivity index (χ1) is 7.17. The Labute approximate surface area is 90.4 Å². The van der Waals surface area contributed by atoms with E-state index >= 15 is 0 Å². The molecule has 3 nitrogen and oxygen atoms in total. The van der Waals surface area contributed by atoms with Crippen LogP contribution in [0.25, 0.3) is 0 Å². The van der Waals surface area contributed by atoms with Crippen LogP contribution in [-0.4, -0.2) is 18.3 Å². The minimum Gasteiger partial charge on any atom is -0.396 e. The molecule has 0 bridgehead atoms. The second kappa shape index (κ2) is 5.38. The highest BCUT2D eigenvalue weighted by atomic mass is 16.3. The zero-order chi connectivity index (χ0) is 11.3. The Morgan fingerprint density at radius 2 is 2.27 bits per heavy atom. The molecule has 0 saturated heterocycles. The normalized spacial score (nSPS) is 11.9. The smallest absolute Gasteiger partial charge is 0.101 e. The number of anilines is 1. The number of benzene rings is 1. The van der Waals surface area contributed by atoms with Crippen LogP contribution in [0.3, 0.4) is 0 Å². The van der Waals surface area contributed by atoms with E-state index < -0.39 is 0 Å². The van der Waals surface area contributed by atoms with Crippen molar-refractivity contribution >= 4 is 5.69 Å². The van der Waals surface area contributed by atoms with Gasteiger partial charge in [-0.25, -0.2) is 0 Å². The van der Waals surface area contributed by atoms with Crippen molar-refractivity contribution in [2.24, 2.45) is 5.92 Å². The Morgan fingerprint density at radius 3 is 2.87 bits per heavy atom. The van der Waals surface area contributed by atoms with Gasteiger partial charge in [-0.05, 0) is 30.5 Å². The lowest BCUT2D eigenvalue weighted by Gasteiger charge is -2.12. The van der Waals surface area contributed by atoms with Crippen molar-refractivity contribution < 1.29 is 5.11 Å². The van der Waals surface area contributed by atoms with Crippen LogP contribution >= 0.6 is 0 Å². The zero-order valence-electron chi connectivity index (χ0n) is 9.12. The summed E-state index contributed by atoms with van der Waals surface area (Å²) in [4.78, 5) is 0. The van der Waals surface area contributed by atoms with Gasteiger partial charge in [0.15, 0.2) is 0 Å². The zero-order valence-corrected chi connectivity index (χ0v) is 9.12. The molecule has 1 atom stereocenters. The molecule has 0 amide bonds. The van der Waals surface area contributed by atoms with Crippen molar-refractivity contribution in [1.82, 2.24) is 0 Å². The fraction of sp³-hybridized carbons (Fsp3) is 0.417. The largest absolute Gasteiger partial charge is 0.396 e. The Kier molecular flexibility index (Phi) is 4.14. The van der Waals surface area contributed by atoms with Crippen LogP contribution in [0.2, 0.25) is 0 Å². The van der Waals surface area contributed by atoms with Crippen LogP contribution in [0.5, 0.6) is 0 Å². The first-order valence-corrected chi connectivity index (χ1v) is 5.03. The summed E-state index contributed by atoms with van der Waals surface area (Å²) in [5.41, 5.74) is 2.57. The summed E-state index contributed by atoms with van der Waals surface area (Å²) in [6, 6.07) is 7.87. The van der Waals surface area contributed by atoms with Gasteiger partial charge in [-0.3, -0.25) is 0 Å². The van der Waals surface area contributed by atoms with Gasteiger partial charge < -0.3 is 10.4 Å². The van der Waals surface area contributed by atoms with Crippen molar-refractivity contribution in [3.05, 3.63) is 29.3 Å². The van der Waals surface area contributed by atoms with E-state index in [4.69, 9.17) is 10.4 Å². The Morgan fingerprint density at radius 1 is 1.53 bits per heavy atom. The van der Waals surface area contributed by atoms with Gasteiger partial charge in [0.1, 0.15) is 6.07 Å². The second-order valence-electron chi connectivity index (χ2n) is 3.83.